The number of carbonyl (C=O) groups excluding carboxylic acids is 3. The smallest absolute Gasteiger partial charge is 0.233 e. The fraction of sp³-hybridized carbons (Fsp3) is 0.667. The van der Waals surface area contributed by atoms with Crippen LogP contribution in [0.5, 0.6) is 5.75 Å². The normalized spacial score (nSPS) is 33.6. The van der Waals surface area contributed by atoms with Crippen molar-refractivity contribution in [2.75, 3.05) is 51.3 Å². The number of amides is 2. The number of unbranched alkanes of at least 4 members (excludes halogenated alkanes) is 1. The van der Waals surface area contributed by atoms with Gasteiger partial charge in [-0.2, -0.15) is 0 Å². The molecule has 2 bridgehead atoms. The lowest BCUT2D eigenvalue weighted by Crippen LogP contribution is -2.56. The highest BCUT2D eigenvalue weighted by molar-refractivity contribution is 6.09. The molecular weight excluding hydrogens is 430 g/mol. The van der Waals surface area contributed by atoms with E-state index in [4.69, 9.17) is 4.74 Å². The third-order valence-corrected chi connectivity index (χ3v) is 8.84. The lowest BCUT2D eigenvalue weighted by molar-refractivity contribution is -0.157. The van der Waals surface area contributed by atoms with E-state index in [1.54, 1.807) is 7.11 Å². The van der Waals surface area contributed by atoms with Gasteiger partial charge in [-0.3, -0.25) is 24.2 Å². The van der Waals surface area contributed by atoms with Gasteiger partial charge in [0.2, 0.25) is 11.8 Å². The van der Waals surface area contributed by atoms with Gasteiger partial charge in [0.1, 0.15) is 11.5 Å². The van der Waals surface area contributed by atoms with E-state index in [-0.39, 0.29) is 40.8 Å². The van der Waals surface area contributed by atoms with Gasteiger partial charge in [0, 0.05) is 45.1 Å². The Bertz CT molecular complexity index is 972. The first-order valence-electron chi connectivity index (χ1n) is 12.8. The number of nitrogens with zero attached hydrogens (tertiary/aromatic N) is 3. The fourth-order valence-electron chi connectivity index (χ4n) is 7.33. The summed E-state index contributed by atoms with van der Waals surface area (Å²) in [5, 5.41) is 0. The van der Waals surface area contributed by atoms with Crippen molar-refractivity contribution in [3.8, 4) is 5.75 Å². The summed E-state index contributed by atoms with van der Waals surface area (Å²) in [6, 6.07) is 8.15. The third-order valence-electron chi connectivity index (χ3n) is 8.84. The molecule has 184 valence electrons. The molecule has 2 aliphatic heterocycles. The van der Waals surface area contributed by atoms with Crippen molar-refractivity contribution in [3.63, 3.8) is 0 Å². The van der Waals surface area contributed by atoms with Crippen molar-refractivity contribution in [2.24, 2.45) is 29.1 Å². The van der Waals surface area contributed by atoms with Crippen LogP contribution in [0.25, 0.3) is 0 Å². The maximum atomic E-state index is 13.2. The van der Waals surface area contributed by atoms with Crippen LogP contribution in [0.1, 0.15) is 39.5 Å². The number of hydrogen-bond donors (Lipinski definition) is 0. The monoisotopic (exact) mass is 467 g/mol. The zero-order valence-corrected chi connectivity index (χ0v) is 20.7. The minimum absolute atomic E-state index is 0.0210. The Hall–Kier alpha value is -2.41. The van der Waals surface area contributed by atoms with Gasteiger partial charge in [-0.15, -0.1) is 0 Å². The summed E-state index contributed by atoms with van der Waals surface area (Å²) in [6.07, 6.45) is 3.10. The highest BCUT2D eigenvalue weighted by Gasteiger charge is 2.66. The summed E-state index contributed by atoms with van der Waals surface area (Å²) < 4.78 is 5.51. The summed E-state index contributed by atoms with van der Waals surface area (Å²) >= 11 is 0. The Balaban J connectivity index is 1.11. The van der Waals surface area contributed by atoms with Crippen LogP contribution in [-0.2, 0) is 14.4 Å². The molecule has 0 spiro atoms. The molecule has 0 N–H and O–H groups in total. The number of Topliss-reactive ketones (excluding diaryl/α,β-unsaturated/α-hetero) is 1. The number of piperazine rings is 1. The molecule has 3 unspecified atom stereocenters. The maximum absolute atomic E-state index is 13.2. The fourth-order valence-corrected chi connectivity index (χ4v) is 7.33. The van der Waals surface area contributed by atoms with Crippen LogP contribution in [0.15, 0.2) is 24.3 Å². The van der Waals surface area contributed by atoms with E-state index in [9.17, 15) is 14.4 Å². The van der Waals surface area contributed by atoms with Gasteiger partial charge in [-0.25, -0.2) is 0 Å². The molecule has 1 aromatic carbocycles. The second-order valence-corrected chi connectivity index (χ2v) is 11.0. The van der Waals surface area contributed by atoms with Crippen molar-refractivity contribution >= 4 is 23.3 Å². The molecule has 0 radical (unpaired) electrons. The van der Waals surface area contributed by atoms with Crippen LogP contribution < -0.4 is 9.64 Å². The number of fused-ring (bicyclic) bond motifs is 2. The quantitative estimate of drug-likeness (QED) is 0.454. The topological polar surface area (TPSA) is 70.2 Å². The van der Waals surface area contributed by atoms with Crippen molar-refractivity contribution in [1.29, 1.82) is 0 Å². The number of hydrogen-bond acceptors (Lipinski definition) is 6. The molecule has 34 heavy (non-hydrogen) atoms. The molecule has 5 atom stereocenters. The van der Waals surface area contributed by atoms with Crippen molar-refractivity contribution in [1.82, 2.24) is 9.80 Å². The van der Waals surface area contributed by atoms with Gasteiger partial charge in [0.25, 0.3) is 0 Å². The number of ketones is 1. The van der Waals surface area contributed by atoms with Gasteiger partial charge in [-0.1, -0.05) is 26.0 Å². The Labute approximate surface area is 202 Å². The number of para-hydroxylation sites is 2. The van der Waals surface area contributed by atoms with Crippen molar-refractivity contribution in [3.05, 3.63) is 24.3 Å². The number of anilines is 1. The average Bonchev–Trinajstić information content (AvgIpc) is 3.07. The lowest BCUT2D eigenvalue weighted by Gasteiger charge is -2.52. The Morgan fingerprint density at radius 3 is 2.38 bits per heavy atom. The lowest BCUT2D eigenvalue weighted by atomic mass is 9.48. The van der Waals surface area contributed by atoms with Crippen LogP contribution in [0, 0.1) is 29.1 Å². The highest BCUT2D eigenvalue weighted by atomic mass is 16.5. The molecule has 2 amide bonds. The van der Waals surface area contributed by atoms with E-state index in [2.05, 4.69) is 22.8 Å². The van der Waals surface area contributed by atoms with E-state index >= 15 is 0 Å². The first-order chi connectivity index (χ1) is 16.3. The predicted octanol–water partition coefficient (Wildman–Crippen LogP) is 2.83. The van der Waals surface area contributed by atoms with E-state index in [1.807, 2.05) is 25.1 Å². The summed E-state index contributed by atoms with van der Waals surface area (Å²) in [5.74, 6) is 0.232. The predicted molar refractivity (Wildman–Crippen MR) is 130 cm³/mol. The molecule has 1 aromatic rings. The van der Waals surface area contributed by atoms with Crippen LogP contribution >= 0.6 is 0 Å². The average molecular weight is 468 g/mol. The zero-order valence-electron chi connectivity index (χ0n) is 20.7. The van der Waals surface area contributed by atoms with Crippen LogP contribution in [-0.4, -0.2) is 73.8 Å². The van der Waals surface area contributed by atoms with E-state index in [0.717, 1.165) is 63.4 Å². The number of rotatable bonds is 7. The molecule has 2 saturated heterocycles. The molecule has 7 heteroatoms. The maximum Gasteiger partial charge on any atom is 0.233 e. The summed E-state index contributed by atoms with van der Waals surface area (Å²) in [5.41, 5.74) is 0.797. The number of likely N-dealkylation sites (tertiary alicyclic amines) is 1. The van der Waals surface area contributed by atoms with Gasteiger partial charge in [0.05, 0.1) is 24.6 Å². The standard InChI is InChI=1S/C27H37N3O4/c1-18-16-27(2)17-20(31)22(18)23-24(27)26(33)30(25(23)32)11-7-6-10-28-12-14-29(15-13-28)19-8-4-5-9-21(19)34-3/h4-5,8-9,18,22-24H,6-7,10-17H2,1-3H3/t18?,22-,23?,24?,27+/m0/s1. The molecule has 7 nitrogen and oxygen atoms in total. The molecular formula is C27H37N3O4. The Morgan fingerprint density at radius 2 is 1.68 bits per heavy atom. The van der Waals surface area contributed by atoms with Gasteiger partial charge >= 0.3 is 0 Å². The third kappa shape index (κ3) is 3.82. The van der Waals surface area contributed by atoms with Gasteiger partial charge < -0.3 is 9.64 Å². The molecule has 5 aliphatic rings. The highest BCUT2D eigenvalue weighted by Crippen LogP contribution is 2.60. The first-order valence-corrected chi connectivity index (χ1v) is 12.8. The minimum Gasteiger partial charge on any atom is -0.495 e. The first kappa shape index (κ1) is 23.3. The van der Waals surface area contributed by atoms with E-state index < -0.39 is 5.92 Å². The molecule has 2 heterocycles. The van der Waals surface area contributed by atoms with Gasteiger partial charge in [-0.05, 0) is 49.3 Å². The molecule has 0 aromatic heterocycles. The van der Waals surface area contributed by atoms with Gasteiger partial charge in [0.15, 0.2) is 0 Å². The number of benzene rings is 1. The number of carbonyl (C=O) groups is 3. The second kappa shape index (κ2) is 8.99. The minimum atomic E-state index is -0.412. The Morgan fingerprint density at radius 1 is 0.971 bits per heavy atom. The zero-order chi connectivity index (χ0) is 24.0. The van der Waals surface area contributed by atoms with Crippen molar-refractivity contribution in [2.45, 2.75) is 39.5 Å². The van der Waals surface area contributed by atoms with E-state index in [1.165, 1.54) is 4.90 Å². The molecule has 3 saturated carbocycles. The summed E-state index contributed by atoms with van der Waals surface area (Å²) in [7, 11) is 1.71. The number of imide groups is 1. The number of methoxy groups -OCH3 is 1. The van der Waals surface area contributed by atoms with Crippen LogP contribution in [0.3, 0.4) is 0 Å². The summed E-state index contributed by atoms with van der Waals surface area (Å²) in [6.45, 7) is 9.47. The number of ether oxygens (including phenoxy) is 1. The molecule has 3 aliphatic carbocycles. The molecule has 5 fully saturated rings. The molecule has 6 rings (SSSR count). The van der Waals surface area contributed by atoms with Crippen molar-refractivity contribution < 1.29 is 19.1 Å². The summed E-state index contributed by atoms with van der Waals surface area (Å²) in [4.78, 5) is 45.5. The SMILES string of the molecule is COc1ccccc1N1CCN(CCCCN2C(=O)C3C(C2=O)[C@@]2(C)CC(=O)[C@@H]3C(C)C2)CC1. The second-order valence-electron chi connectivity index (χ2n) is 11.0. The van der Waals surface area contributed by atoms with Crippen LogP contribution in [0.4, 0.5) is 5.69 Å². The largest absolute Gasteiger partial charge is 0.495 e. The van der Waals surface area contributed by atoms with Crippen LogP contribution in [0.2, 0.25) is 0 Å². The van der Waals surface area contributed by atoms with E-state index in [0.29, 0.717) is 13.0 Å². The Kier molecular flexibility index (Phi) is 6.17.